The summed E-state index contributed by atoms with van der Waals surface area (Å²) in [6.45, 7) is -1.25. The molecule has 0 saturated carbocycles. The van der Waals surface area contributed by atoms with E-state index in [1.807, 2.05) is 0 Å². The maximum Gasteiger partial charge on any atom is 0.413 e. The van der Waals surface area contributed by atoms with Crippen molar-refractivity contribution in [2.45, 2.75) is 37.0 Å². The number of pyridine rings is 1. The molecule has 1 aliphatic heterocycles. The molecule has 1 aliphatic rings. The third kappa shape index (κ3) is 5.82. The molecule has 3 N–H and O–H groups in total. The molecule has 0 saturated heterocycles. The van der Waals surface area contributed by atoms with Crippen LogP contribution in [0, 0.1) is 17.1 Å². The minimum atomic E-state index is -5.23. The predicted octanol–water partition coefficient (Wildman–Crippen LogP) is 3.78. The number of nitrogens with two attached hydrogens (primary N) is 1. The molecule has 0 unspecified atom stereocenters. The van der Waals surface area contributed by atoms with Crippen LogP contribution in [0.15, 0.2) is 41.5 Å². The van der Waals surface area contributed by atoms with Gasteiger partial charge in [-0.15, -0.1) is 0 Å². The lowest BCUT2D eigenvalue weighted by atomic mass is 9.84. The van der Waals surface area contributed by atoms with Gasteiger partial charge in [-0.05, 0) is 37.3 Å². The smallest absolute Gasteiger partial charge is 0.413 e. The number of halogens is 7. The van der Waals surface area contributed by atoms with E-state index in [1.54, 1.807) is 6.07 Å². The van der Waals surface area contributed by atoms with Crippen molar-refractivity contribution in [3.05, 3.63) is 59.2 Å². The van der Waals surface area contributed by atoms with Crippen LogP contribution >= 0.6 is 0 Å². The molecule has 8 nitrogen and oxygen atoms in total. The summed E-state index contributed by atoms with van der Waals surface area (Å²) in [6, 6.07) is 3.04. The summed E-state index contributed by atoms with van der Waals surface area (Å²) in [6.07, 6.45) is -11.6. The fourth-order valence-electron chi connectivity index (χ4n) is 3.47. The van der Waals surface area contributed by atoms with Gasteiger partial charge >= 0.3 is 12.4 Å². The Balaban J connectivity index is 2.01. The Kier molecular flexibility index (Phi) is 7.12. The molecule has 2 heterocycles. The first kappa shape index (κ1) is 26.7. The molecular formula is C21H16F7N5O3. The van der Waals surface area contributed by atoms with Gasteiger partial charge in [0.05, 0.1) is 5.56 Å². The summed E-state index contributed by atoms with van der Waals surface area (Å²) in [5, 5.41) is 11.1. The number of nitrogens with zero attached hydrogens (tertiary/aromatic N) is 3. The van der Waals surface area contributed by atoms with E-state index in [0.29, 0.717) is 0 Å². The van der Waals surface area contributed by atoms with Gasteiger partial charge in [0.15, 0.2) is 11.6 Å². The van der Waals surface area contributed by atoms with Gasteiger partial charge in [-0.25, -0.2) is 14.4 Å². The summed E-state index contributed by atoms with van der Waals surface area (Å²) >= 11 is 0. The van der Waals surface area contributed by atoms with Crippen molar-refractivity contribution in [3.8, 4) is 6.07 Å². The van der Waals surface area contributed by atoms with Gasteiger partial charge in [-0.2, -0.15) is 31.6 Å². The molecule has 0 aliphatic carbocycles. The molecule has 0 fully saturated rings. The molecule has 1 aromatic carbocycles. The first-order valence-electron chi connectivity index (χ1n) is 9.89. The van der Waals surface area contributed by atoms with E-state index in [9.17, 15) is 35.5 Å². The lowest BCUT2D eigenvalue weighted by Gasteiger charge is -2.43. The molecule has 0 radical (unpaired) electrons. The SMILES string of the molecule is C[C@]1(c2cc(NC(=O)c3ccc(C#N)cn3)ccc2F)OC(N)=N[C@H](C(F)(F)F)[C@H]1OCC(F)(F)F. The van der Waals surface area contributed by atoms with E-state index in [2.05, 4.69) is 20.0 Å². The Morgan fingerprint density at radius 3 is 2.50 bits per heavy atom. The van der Waals surface area contributed by atoms with Gasteiger partial charge in [0, 0.05) is 17.4 Å². The van der Waals surface area contributed by atoms with Crippen LogP contribution in [0.3, 0.4) is 0 Å². The Morgan fingerprint density at radius 2 is 1.94 bits per heavy atom. The second-order valence-corrected chi connectivity index (χ2v) is 7.70. The van der Waals surface area contributed by atoms with Gasteiger partial charge in [0.2, 0.25) is 0 Å². The number of hydrogen-bond acceptors (Lipinski definition) is 7. The summed E-state index contributed by atoms with van der Waals surface area (Å²) < 4.78 is 104. The zero-order valence-electron chi connectivity index (χ0n) is 18.1. The third-order valence-corrected chi connectivity index (χ3v) is 5.06. The van der Waals surface area contributed by atoms with Crippen LogP contribution in [0.1, 0.15) is 28.5 Å². The first-order valence-corrected chi connectivity index (χ1v) is 9.89. The Bertz CT molecular complexity index is 1210. The number of carbonyl (C=O) groups is 1. The molecule has 192 valence electrons. The quantitative estimate of drug-likeness (QED) is 0.580. The summed E-state index contributed by atoms with van der Waals surface area (Å²) in [5.74, 6) is -2.01. The number of nitriles is 1. The minimum absolute atomic E-state index is 0.153. The molecule has 3 rings (SSSR count). The van der Waals surface area contributed by atoms with E-state index in [0.717, 1.165) is 31.3 Å². The van der Waals surface area contributed by atoms with E-state index in [4.69, 9.17) is 15.7 Å². The Hall–Kier alpha value is -3.93. The number of alkyl halides is 6. The molecule has 3 atom stereocenters. The van der Waals surface area contributed by atoms with Crippen molar-refractivity contribution in [1.29, 1.82) is 5.26 Å². The number of rotatable bonds is 5. The number of anilines is 1. The molecule has 15 heteroatoms. The largest absolute Gasteiger partial charge is 0.451 e. The highest BCUT2D eigenvalue weighted by Crippen LogP contribution is 2.43. The van der Waals surface area contributed by atoms with Crippen molar-refractivity contribution in [1.82, 2.24) is 4.98 Å². The maximum atomic E-state index is 14.9. The molecule has 36 heavy (non-hydrogen) atoms. The number of carbonyl (C=O) groups excluding carboxylic acids is 1. The summed E-state index contributed by atoms with van der Waals surface area (Å²) in [4.78, 5) is 19.3. The van der Waals surface area contributed by atoms with Crippen molar-refractivity contribution < 1.29 is 45.0 Å². The highest BCUT2D eigenvalue weighted by Gasteiger charge is 2.58. The monoisotopic (exact) mass is 519 g/mol. The van der Waals surface area contributed by atoms with E-state index >= 15 is 0 Å². The van der Waals surface area contributed by atoms with E-state index < -0.39 is 60.0 Å². The number of amidine groups is 1. The number of benzene rings is 1. The molecule has 0 spiro atoms. The number of aliphatic imine (C=N–C) groups is 1. The number of nitrogens with one attached hydrogen (secondary N) is 1. The van der Waals surface area contributed by atoms with E-state index in [-0.39, 0.29) is 16.9 Å². The number of amides is 1. The van der Waals surface area contributed by atoms with Crippen LogP contribution in [0.5, 0.6) is 0 Å². The van der Waals surface area contributed by atoms with Gasteiger partial charge in [-0.1, -0.05) is 0 Å². The number of aromatic nitrogens is 1. The zero-order valence-corrected chi connectivity index (χ0v) is 18.1. The summed E-state index contributed by atoms with van der Waals surface area (Å²) in [7, 11) is 0. The molecular weight excluding hydrogens is 503 g/mol. The molecule has 2 aromatic rings. The van der Waals surface area contributed by atoms with E-state index in [1.165, 1.54) is 12.1 Å². The van der Waals surface area contributed by atoms with Crippen LogP contribution in [0.25, 0.3) is 0 Å². The van der Waals surface area contributed by atoms with Gasteiger partial charge < -0.3 is 20.5 Å². The Morgan fingerprint density at radius 1 is 1.25 bits per heavy atom. The summed E-state index contributed by atoms with van der Waals surface area (Å²) in [5.41, 5.74) is 1.99. The second kappa shape index (κ2) is 9.61. The fraction of sp³-hybridized carbons (Fsp3) is 0.333. The van der Waals surface area contributed by atoms with Crippen LogP contribution in [-0.4, -0.2) is 48.0 Å². The molecule has 1 amide bonds. The average Bonchev–Trinajstić information content (AvgIpc) is 2.78. The highest BCUT2D eigenvalue weighted by molar-refractivity contribution is 6.02. The van der Waals surface area contributed by atoms with Gasteiger partial charge in [0.1, 0.15) is 30.3 Å². The zero-order chi connectivity index (χ0) is 26.9. The molecule has 1 aromatic heterocycles. The number of ether oxygens (including phenoxy) is 2. The van der Waals surface area contributed by atoms with Gasteiger partial charge in [-0.3, -0.25) is 4.79 Å². The third-order valence-electron chi connectivity index (χ3n) is 5.06. The van der Waals surface area contributed by atoms with Crippen LogP contribution in [-0.2, 0) is 15.1 Å². The van der Waals surface area contributed by atoms with Crippen molar-refractivity contribution in [2.75, 3.05) is 11.9 Å². The first-order chi connectivity index (χ1) is 16.6. The highest BCUT2D eigenvalue weighted by atomic mass is 19.4. The van der Waals surface area contributed by atoms with Crippen LogP contribution < -0.4 is 11.1 Å². The number of hydrogen-bond donors (Lipinski definition) is 2. The lowest BCUT2D eigenvalue weighted by molar-refractivity contribution is -0.247. The Labute approximate surface area is 198 Å². The standard InChI is InChI=1S/C21H16F7N5O3/c1-19(16(35-9-20(23,24)25)15(21(26,27)28)33-18(30)36-19)12-6-11(3-4-13(12)22)32-17(34)14-5-2-10(7-29)8-31-14/h2-6,8,15-16H,9H2,1H3,(H2,30,33)(H,32,34)/t15-,16+,19+/m0/s1. The van der Waals surface area contributed by atoms with Crippen LogP contribution in [0.2, 0.25) is 0 Å². The van der Waals surface area contributed by atoms with Gasteiger partial charge in [0.25, 0.3) is 11.9 Å². The molecule has 0 bridgehead atoms. The normalized spacial score (nSPS) is 22.2. The predicted molar refractivity (Wildman–Crippen MR) is 109 cm³/mol. The lowest BCUT2D eigenvalue weighted by Crippen LogP contribution is -2.58. The van der Waals surface area contributed by atoms with Crippen molar-refractivity contribution in [2.24, 2.45) is 10.7 Å². The fourth-order valence-corrected chi connectivity index (χ4v) is 3.47. The van der Waals surface area contributed by atoms with Crippen LogP contribution in [0.4, 0.5) is 36.4 Å². The topological polar surface area (TPSA) is 123 Å². The van der Waals surface area contributed by atoms with Crippen molar-refractivity contribution >= 4 is 17.6 Å². The maximum absolute atomic E-state index is 14.9. The average molecular weight is 519 g/mol. The second-order valence-electron chi connectivity index (χ2n) is 7.70. The van der Waals surface area contributed by atoms with Crippen molar-refractivity contribution in [3.63, 3.8) is 0 Å². The minimum Gasteiger partial charge on any atom is -0.451 e.